The first-order valence-electron chi connectivity index (χ1n) is 16.0. The third-order valence-corrected chi connectivity index (χ3v) is 6.82. The fourth-order valence-corrected chi connectivity index (χ4v) is 3.90. The van der Waals surface area contributed by atoms with E-state index in [1.807, 2.05) is 0 Å². The van der Waals surface area contributed by atoms with Crippen LogP contribution < -0.4 is 28.4 Å². The van der Waals surface area contributed by atoms with Gasteiger partial charge >= 0.3 is 35.8 Å². The Morgan fingerprint density at radius 3 is 0.745 bits per heavy atom. The molecule has 0 N–H and O–H groups in total. The van der Waals surface area contributed by atoms with Crippen molar-refractivity contribution in [2.24, 2.45) is 17.8 Å². The lowest BCUT2D eigenvalue weighted by molar-refractivity contribution is -0.138. The molecule has 4 rings (SSSR count). The van der Waals surface area contributed by atoms with E-state index in [2.05, 4.69) is 0 Å². The molecule has 4 aromatic carbocycles. The van der Waals surface area contributed by atoms with Crippen LogP contribution in [0.1, 0.15) is 72.6 Å². The summed E-state index contributed by atoms with van der Waals surface area (Å²) >= 11 is 0. The van der Waals surface area contributed by atoms with Gasteiger partial charge in [-0.15, -0.1) is 0 Å². The van der Waals surface area contributed by atoms with Crippen LogP contribution in [0.2, 0.25) is 0 Å². The van der Waals surface area contributed by atoms with E-state index < -0.39 is 35.8 Å². The molecular weight excluding hydrogens is 660 g/mol. The first-order chi connectivity index (χ1) is 24.2. The van der Waals surface area contributed by atoms with E-state index >= 15 is 0 Å². The number of hydrogen-bond donors (Lipinski definition) is 0. The molecule has 0 atom stereocenters. The van der Waals surface area contributed by atoms with Crippen molar-refractivity contribution < 1.29 is 57.2 Å². The van der Waals surface area contributed by atoms with E-state index in [1.54, 1.807) is 41.5 Å². The van der Waals surface area contributed by atoms with Crippen LogP contribution in [0.4, 0.5) is 0 Å². The Bertz CT molecular complexity index is 1670. The Balaban J connectivity index is 1.55. The number of carbonyl (C=O) groups is 6. The Morgan fingerprint density at radius 2 is 0.549 bits per heavy atom. The average molecular weight is 697 g/mol. The average Bonchev–Trinajstić information content (AvgIpc) is 3.08. The first kappa shape index (κ1) is 37.5. The van der Waals surface area contributed by atoms with Gasteiger partial charge in [-0.05, 0) is 72.8 Å². The van der Waals surface area contributed by atoms with Crippen molar-refractivity contribution in [3.63, 3.8) is 0 Å². The standard InChI is InChI=1S/C39H36O12/c1-22(2)34(40)46-28-13-7-25(8-14-28)37(43)49-31-19-32(50-38(44)26-9-15-29(16-10-26)47-35(41)23(3)4)21-33(20-31)51-39(45)27-11-17-30(18-12-27)48-36(42)24(5)6/h7-24H,1-6H3. The molecule has 0 aromatic heterocycles. The highest BCUT2D eigenvalue weighted by atomic mass is 16.6. The largest absolute Gasteiger partial charge is 0.426 e. The molecular formula is C39H36O12. The third kappa shape index (κ3) is 10.8. The lowest BCUT2D eigenvalue weighted by Crippen LogP contribution is -2.15. The number of esters is 6. The Hall–Kier alpha value is -6.30. The number of hydrogen-bond acceptors (Lipinski definition) is 12. The summed E-state index contributed by atoms with van der Waals surface area (Å²) < 4.78 is 32.3. The van der Waals surface area contributed by atoms with E-state index in [4.69, 9.17) is 28.4 Å². The molecule has 0 unspecified atom stereocenters. The van der Waals surface area contributed by atoms with Gasteiger partial charge in [-0.2, -0.15) is 0 Å². The molecule has 0 saturated carbocycles. The molecule has 0 saturated heterocycles. The maximum absolute atomic E-state index is 13.0. The summed E-state index contributed by atoms with van der Waals surface area (Å²) in [5.41, 5.74) is 0.324. The minimum absolute atomic E-state index is 0.108. The maximum Gasteiger partial charge on any atom is 0.343 e. The van der Waals surface area contributed by atoms with E-state index in [-0.39, 0.29) is 68.9 Å². The number of carbonyl (C=O) groups excluding carboxylic acids is 6. The lowest BCUT2D eigenvalue weighted by atomic mass is 10.2. The van der Waals surface area contributed by atoms with Crippen LogP contribution in [-0.4, -0.2) is 35.8 Å². The van der Waals surface area contributed by atoms with Gasteiger partial charge < -0.3 is 28.4 Å². The molecule has 264 valence electrons. The van der Waals surface area contributed by atoms with Crippen LogP contribution in [0.15, 0.2) is 91.0 Å². The van der Waals surface area contributed by atoms with Gasteiger partial charge in [-0.3, -0.25) is 14.4 Å². The van der Waals surface area contributed by atoms with Gasteiger partial charge in [0.05, 0.1) is 34.4 Å². The van der Waals surface area contributed by atoms with Crippen molar-refractivity contribution in [3.8, 4) is 34.5 Å². The first-order valence-corrected chi connectivity index (χ1v) is 16.0. The Morgan fingerprint density at radius 1 is 0.333 bits per heavy atom. The molecule has 0 heterocycles. The smallest absolute Gasteiger partial charge is 0.343 e. The predicted octanol–water partition coefficient (Wildman–Crippen LogP) is 7.03. The molecule has 0 aliphatic rings. The van der Waals surface area contributed by atoms with Crippen LogP contribution in [0.25, 0.3) is 0 Å². The summed E-state index contributed by atoms with van der Waals surface area (Å²) in [6, 6.07) is 20.8. The summed E-state index contributed by atoms with van der Waals surface area (Å²) in [6.45, 7) is 10.1. The second-order valence-corrected chi connectivity index (χ2v) is 12.1. The van der Waals surface area contributed by atoms with Crippen molar-refractivity contribution in [1.82, 2.24) is 0 Å². The van der Waals surface area contributed by atoms with Crippen LogP contribution in [-0.2, 0) is 14.4 Å². The van der Waals surface area contributed by atoms with Crippen molar-refractivity contribution >= 4 is 35.8 Å². The molecule has 0 aliphatic heterocycles. The van der Waals surface area contributed by atoms with E-state index in [0.29, 0.717) is 0 Å². The van der Waals surface area contributed by atoms with Crippen LogP contribution in [0.3, 0.4) is 0 Å². The second-order valence-electron chi connectivity index (χ2n) is 12.1. The highest BCUT2D eigenvalue weighted by Gasteiger charge is 2.19. The highest BCUT2D eigenvalue weighted by molar-refractivity contribution is 5.93. The molecule has 0 fully saturated rings. The molecule has 0 spiro atoms. The minimum atomic E-state index is -0.810. The SMILES string of the molecule is CC(C)C(=O)Oc1ccc(C(=O)Oc2cc(OC(=O)c3ccc(OC(=O)C(C)C)cc3)cc(OC(=O)c3ccc(OC(=O)C(C)C)cc3)c2)cc1. The summed E-state index contributed by atoms with van der Waals surface area (Å²) in [6.07, 6.45) is 0. The molecule has 0 aliphatic carbocycles. The van der Waals surface area contributed by atoms with Gasteiger partial charge in [0, 0.05) is 18.2 Å². The van der Waals surface area contributed by atoms with Crippen molar-refractivity contribution in [2.45, 2.75) is 41.5 Å². The van der Waals surface area contributed by atoms with Gasteiger partial charge in [0.1, 0.15) is 34.5 Å². The normalized spacial score (nSPS) is 10.8. The van der Waals surface area contributed by atoms with Gasteiger partial charge in [0.2, 0.25) is 0 Å². The number of ether oxygens (including phenoxy) is 6. The number of rotatable bonds is 12. The highest BCUT2D eigenvalue weighted by Crippen LogP contribution is 2.30. The van der Waals surface area contributed by atoms with Crippen molar-refractivity contribution in [2.75, 3.05) is 0 Å². The van der Waals surface area contributed by atoms with Crippen LogP contribution >= 0.6 is 0 Å². The molecule has 12 nitrogen and oxygen atoms in total. The number of benzene rings is 4. The predicted molar refractivity (Wildman–Crippen MR) is 182 cm³/mol. The quantitative estimate of drug-likeness (QED) is 0.110. The van der Waals surface area contributed by atoms with E-state index in [0.717, 1.165) is 0 Å². The zero-order valence-corrected chi connectivity index (χ0v) is 28.8. The molecule has 51 heavy (non-hydrogen) atoms. The van der Waals surface area contributed by atoms with Gasteiger partial charge in [0.25, 0.3) is 0 Å². The summed E-state index contributed by atoms with van der Waals surface area (Å²) in [4.78, 5) is 74.8. The summed E-state index contributed by atoms with van der Waals surface area (Å²) in [5.74, 6) is -4.44. The monoisotopic (exact) mass is 696 g/mol. The van der Waals surface area contributed by atoms with Gasteiger partial charge in [-0.25, -0.2) is 14.4 Å². The van der Waals surface area contributed by atoms with E-state index in [9.17, 15) is 28.8 Å². The van der Waals surface area contributed by atoms with Crippen LogP contribution in [0.5, 0.6) is 34.5 Å². The zero-order chi connectivity index (χ0) is 37.2. The van der Waals surface area contributed by atoms with Gasteiger partial charge in [0.15, 0.2) is 0 Å². The summed E-state index contributed by atoms with van der Waals surface area (Å²) in [7, 11) is 0. The third-order valence-electron chi connectivity index (χ3n) is 6.82. The fraction of sp³-hybridized carbons (Fsp3) is 0.231. The van der Waals surface area contributed by atoms with Crippen molar-refractivity contribution in [1.29, 1.82) is 0 Å². The molecule has 0 bridgehead atoms. The molecule has 0 amide bonds. The summed E-state index contributed by atoms with van der Waals surface area (Å²) in [5, 5.41) is 0. The lowest BCUT2D eigenvalue weighted by Gasteiger charge is -2.12. The van der Waals surface area contributed by atoms with E-state index in [1.165, 1.54) is 91.0 Å². The topological polar surface area (TPSA) is 158 Å². The Kier molecular flexibility index (Phi) is 12.4. The van der Waals surface area contributed by atoms with Crippen molar-refractivity contribution in [3.05, 3.63) is 108 Å². The minimum Gasteiger partial charge on any atom is -0.426 e. The maximum atomic E-state index is 13.0. The van der Waals surface area contributed by atoms with Crippen LogP contribution in [0, 0.1) is 17.8 Å². The molecule has 4 aromatic rings. The zero-order valence-electron chi connectivity index (χ0n) is 28.8. The molecule has 0 radical (unpaired) electrons. The Labute approximate surface area is 294 Å². The second kappa shape index (κ2) is 16.9. The molecule has 12 heteroatoms. The fourth-order valence-electron chi connectivity index (χ4n) is 3.90. The van der Waals surface area contributed by atoms with Gasteiger partial charge in [-0.1, -0.05) is 41.5 Å².